The molecule has 8 heteroatoms. The van der Waals surface area contributed by atoms with Crippen molar-refractivity contribution in [2.45, 2.75) is 6.10 Å². The Hall–Kier alpha value is -3.13. The molecular formula is C17H16N6O2. The molecule has 1 aliphatic heterocycles. The molecule has 1 atom stereocenters. The number of pyridine rings is 1. The van der Waals surface area contributed by atoms with Gasteiger partial charge in [0.2, 0.25) is 0 Å². The predicted octanol–water partition coefficient (Wildman–Crippen LogP) is 1.48. The molecule has 4 heterocycles. The van der Waals surface area contributed by atoms with E-state index in [9.17, 15) is 4.79 Å². The van der Waals surface area contributed by atoms with Crippen LogP contribution in [0.3, 0.4) is 0 Å². The molecule has 1 fully saturated rings. The van der Waals surface area contributed by atoms with Gasteiger partial charge in [0.25, 0.3) is 5.91 Å². The van der Waals surface area contributed by atoms with Crippen molar-refractivity contribution in [3.63, 3.8) is 0 Å². The molecular weight excluding hydrogens is 320 g/mol. The van der Waals surface area contributed by atoms with Crippen molar-refractivity contribution < 1.29 is 9.53 Å². The number of nitrogens with one attached hydrogen (secondary N) is 1. The molecule has 0 aromatic carbocycles. The number of carbonyl (C=O) groups is 1. The number of ether oxygens (including phenoxy) is 1. The Labute approximate surface area is 143 Å². The highest BCUT2D eigenvalue weighted by molar-refractivity contribution is 5.93. The number of H-pyrrole nitrogens is 1. The monoisotopic (exact) mass is 336 g/mol. The maximum Gasteiger partial charge on any atom is 0.272 e. The number of rotatable bonds is 3. The SMILES string of the molecule is O=C(c1cc(-c2cccnc2)n[nH]1)N1CCO[C@@H](c2cnccn2)C1. The van der Waals surface area contributed by atoms with Crippen molar-refractivity contribution in [2.24, 2.45) is 0 Å². The van der Waals surface area contributed by atoms with E-state index in [0.717, 1.165) is 11.3 Å². The number of nitrogens with zero attached hydrogens (tertiary/aromatic N) is 5. The van der Waals surface area contributed by atoms with Gasteiger partial charge in [0, 0.05) is 36.9 Å². The number of carbonyl (C=O) groups excluding carboxylic acids is 1. The minimum Gasteiger partial charge on any atom is -0.368 e. The summed E-state index contributed by atoms with van der Waals surface area (Å²) < 4.78 is 5.72. The second-order valence-electron chi connectivity index (χ2n) is 5.65. The molecule has 0 aliphatic carbocycles. The normalized spacial score (nSPS) is 17.4. The Morgan fingerprint density at radius 1 is 1.24 bits per heavy atom. The smallest absolute Gasteiger partial charge is 0.272 e. The van der Waals surface area contributed by atoms with Crippen LogP contribution in [0.25, 0.3) is 11.3 Å². The molecule has 8 nitrogen and oxygen atoms in total. The van der Waals surface area contributed by atoms with Crippen LogP contribution in [0.1, 0.15) is 22.3 Å². The van der Waals surface area contributed by atoms with E-state index >= 15 is 0 Å². The summed E-state index contributed by atoms with van der Waals surface area (Å²) in [7, 11) is 0. The van der Waals surface area contributed by atoms with E-state index in [-0.39, 0.29) is 12.0 Å². The second-order valence-corrected chi connectivity index (χ2v) is 5.65. The second kappa shape index (κ2) is 6.78. The van der Waals surface area contributed by atoms with Crippen molar-refractivity contribution in [2.75, 3.05) is 19.7 Å². The molecule has 4 rings (SSSR count). The molecule has 3 aromatic heterocycles. The van der Waals surface area contributed by atoms with Crippen LogP contribution in [0.5, 0.6) is 0 Å². The summed E-state index contributed by atoms with van der Waals surface area (Å²) in [6.45, 7) is 1.41. The first-order valence-electron chi connectivity index (χ1n) is 7.94. The highest BCUT2D eigenvalue weighted by Gasteiger charge is 2.28. The molecule has 1 saturated heterocycles. The zero-order valence-electron chi connectivity index (χ0n) is 13.4. The standard InChI is InChI=1S/C17H16N6O2/c24-17(14-8-13(21-22-14)12-2-1-3-18-9-12)23-6-7-25-16(11-23)15-10-19-4-5-20-15/h1-5,8-10,16H,6-7,11H2,(H,21,22)/t16-/m1/s1. The predicted molar refractivity (Wildman–Crippen MR) is 88.4 cm³/mol. The van der Waals surface area contributed by atoms with Crippen LogP contribution >= 0.6 is 0 Å². The van der Waals surface area contributed by atoms with Crippen LogP contribution in [-0.4, -0.2) is 55.7 Å². The highest BCUT2D eigenvalue weighted by atomic mass is 16.5. The van der Waals surface area contributed by atoms with Gasteiger partial charge in [-0.2, -0.15) is 5.10 Å². The zero-order chi connectivity index (χ0) is 17.1. The minimum absolute atomic E-state index is 0.111. The molecule has 0 radical (unpaired) electrons. The Kier molecular flexibility index (Phi) is 4.17. The fourth-order valence-electron chi connectivity index (χ4n) is 2.75. The zero-order valence-corrected chi connectivity index (χ0v) is 13.4. The lowest BCUT2D eigenvalue weighted by atomic mass is 10.2. The van der Waals surface area contributed by atoms with E-state index in [1.54, 1.807) is 42.0 Å². The van der Waals surface area contributed by atoms with E-state index in [1.807, 2.05) is 12.1 Å². The van der Waals surface area contributed by atoms with Gasteiger partial charge in [-0.1, -0.05) is 0 Å². The van der Waals surface area contributed by atoms with Gasteiger partial charge in [0.1, 0.15) is 11.8 Å². The van der Waals surface area contributed by atoms with Crippen molar-refractivity contribution >= 4 is 5.91 Å². The molecule has 1 amide bonds. The van der Waals surface area contributed by atoms with Crippen molar-refractivity contribution in [3.8, 4) is 11.3 Å². The summed E-state index contributed by atoms with van der Waals surface area (Å²) in [5, 5.41) is 7.03. The molecule has 1 N–H and O–H groups in total. The summed E-state index contributed by atoms with van der Waals surface area (Å²) in [6, 6.07) is 5.47. The number of aromatic nitrogens is 5. The van der Waals surface area contributed by atoms with Crippen LogP contribution in [0.15, 0.2) is 49.2 Å². The van der Waals surface area contributed by atoms with E-state index in [0.29, 0.717) is 31.1 Å². The van der Waals surface area contributed by atoms with Gasteiger partial charge in [0.15, 0.2) is 0 Å². The van der Waals surface area contributed by atoms with Gasteiger partial charge < -0.3 is 9.64 Å². The molecule has 25 heavy (non-hydrogen) atoms. The van der Waals surface area contributed by atoms with Gasteiger partial charge >= 0.3 is 0 Å². The lowest BCUT2D eigenvalue weighted by molar-refractivity contribution is -0.0250. The maximum absolute atomic E-state index is 12.8. The number of morpholine rings is 1. The molecule has 0 unspecified atom stereocenters. The third-order valence-electron chi connectivity index (χ3n) is 4.03. The Morgan fingerprint density at radius 2 is 2.16 bits per heavy atom. The average Bonchev–Trinajstić information content (AvgIpc) is 3.19. The quantitative estimate of drug-likeness (QED) is 0.778. The first-order chi connectivity index (χ1) is 12.3. The molecule has 126 valence electrons. The van der Waals surface area contributed by atoms with Crippen LogP contribution in [0.4, 0.5) is 0 Å². The van der Waals surface area contributed by atoms with Crippen LogP contribution in [0.2, 0.25) is 0 Å². The average molecular weight is 336 g/mol. The number of amides is 1. The maximum atomic E-state index is 12.8. The summed E-state index contributed by atoms with van der Waals surface area (Å²) in [5.41, 5.74) is 2.71. The molecule has 0 spiro atoms. The first kappa shape index (κ1) is 15.4. The topological polar surface area (TPSA) is 96.9 Å². The fraction of sp³-hybridized carbons (Fsp3) is 0.235. The van der Waals surface area contributed by atoms with Crippen molar-refractivity contribution in [1.82, 2.24) is 30.0 Å². The number of hydrogen-bond donors (Lipinski definition) is 1. The van der Waals surface area contributed by atoms with E-state index in [1.165, 1.54) is 0 Å². The highest BCUT2D eigenvalue weighted by Crippen LogP contribution is 2.22. The summed E-state index contributed by atoms with van der Waals surface area (Å²) >= 11 is 0. The number of aromatic amines is 1. The van der Waals surface area contributed by atoms with E-state index in [4.69, 9.17) is 4.74 Å². The van der Waals surface area contributed by atoms with E-state index < -0.39 is 0 Å². The minimum atomic E-state index is -0.271. The summed E-state index contributed by atoms with van der Waals surface area (Å²) in [6.07, 6.45) is 8.03. The summed E-state index contributed by atoms with van der Waals surface area (Å²) in [5.74, 6) is -0.111. The van der Waals surface area contributed by atoms with Crippen LogP contribution in [0, 0.1) is 0 Å². The number of hydrogen-bond acceptors (Lipinski definition) is 6. The third kappa shape index (κ3) is 3.24. The van der Waals surface area contributed by atoms with Crippen molar-refractivity contribution in [1.29, 1.82) is 0 Å². The van der Waals surface area contributed by atoms with E-state index in [2.05, 4.69) is 25.1 Å². The lowest BCUT2D eigenvalue weighted by Crippen LogP contribution is -2.42. The third-order valence-corrected chi connectivity index (χ3v) is 4.03. The Morgan fingerprint density at radius 3 is 2.96 bits per heavy atom. The van der Waals surface area contributed by atoms with Gasteiger partial charge in [0.05, 0.1) is 30.7 Å². The van der Waals surface area contributed by atoms with Gasteiger partial charge in [-0.25, -0.2) is 0 Å². The van der Waals surface area contributed by atoms with Crippen LogP contribution in [-0.2, 0) is 4.74 Å². The molecule has 1 aliphatic rings. The molecule has 3 aromatic rings. The van der Waals surface area contributed by atoms with Crippen LogP contribution < -0.4 is 0 Å². The lowest BCUT2D eigenvalue weighted by Gasteiger charge is -2.32. The largest absolute Gasteiger partial charge is 0.368 e. The fourth-order valence-corrected chi connectivity index (χ4v) is 2.75. The Balaban J connectivity index is 1.50. The molecule has 0 saturated carbocycles. The van der Waals surface area contributed by atoms with Gasteiger partial charge in [-0.15, -0.1) is 0 Å². The Bertz CT molecular complexity index is 852. The first-order valence-corrected chi connectivity index (χ1v) is 7.94. The van der Waals surface area contributed by atoms with Crippen molar-refractivity contribution in [3.05, 3.63) is 60.6 Å². The summed E-state index contributed by atoms with van der Waals surface area (Å²) in [4.78, 5) is 26.9. The van der Waals surface area contributed by atoms with Gasteiger partial charge in [-0.05, 0) is 18.2 Å². The van der Waals surface area contributed by atoms with Gasteiger partial charge in [-0.3, -0.25) is 24.8 Å². The molecule has 0 bridgehead atoms.